The lowest BCUT2D eigenvalue weighted by Crippen LogP contribution is -2.47. The number of carbonyl (C=O) groups is 1. The molecule has 2 saturated heterocycles. The summed E-state index contributed by atoms with van der Waals surface area (Å²) >= 11 is 0. The molecule has 2 fully saturated rings. The number of carbonyl (C=O) groups excluding carboxylic acids is 1. The lowest BCUT2D eigenvalue weighted by atomic mass is 9.74. The van der Waals surface area contributed by atoms with E-state index in [0.717, 1.165) is 31.4 Å². The average molecular weight is 422 g/mol. The van der Waals surface area contributed by atoms with Crippen LogP contribution in [0.5, 0.6) is 0 Å². The molecule has 0 aromatic heterocycles. The maximum Gasteiger partial charge on any atom is 0.223 e. The Balaban J connectivity index is 1.36. The highest BCUT2D eigenvalue weighted by Crippen LogP contribution is 2.34. The van der Waals surface area contributed by atoms with Crippen LogP contribution in [0.3, 0.4) is 0 Å². The SMILES string of the molecule is N#Cc1cc(F)ccc1N1CCC(C(=O)NCC2(c3ccccc3)CCOCC2)CC1. The predicted molar refractivity (Wildman–Crippen MR) is 117 cm³/mol. The first-order valence-electron chi connectivity index (χ1n) is 11.0. The van der Waals surface area contributed by atoms with E-state index in [1.54, 1.807) is 6.07 Å². The zero-order chi connectivity index (χ0) is 21.7. The molecule has 5 nitrogen and oxygen atoms in total. The van der Waals surface area contributed by atoms with Gasteiger partial charge in [0, 0.05) is 44.2 Å². The van der Waals surface area contributed by atoms with Gasteiger partial charge in [0.25, 0.3) is 0 Å². The molecule has 2 heterocycles. The summed E-state index contributed by atoms with van der Waals surface area (Å²) in [5.74, 6) is -0.356. The first-order chi connectivity index (χ1) is 15.1. The van der Waals surface area contributed by atoms with Crippen LogP contribution in [0.1, 0.15) is 36.8 Å². The van der Waals surface area contributed by atoms with Crippen LogP contribution in [0.15, 0.2) is 48.5 Å². The van der Waals surface area contributed by atoms with Crippen LogP contribution >= 0.6 is 0 Å². The van der Waals surface area contributed by atoms with Gasteiger partial charge in [0.1, 0.15) is 11.9 Å². The van der Waals surface area contributed by atoms with E-state index in [0.29, 0.717) is 38.4 Å². The second-order valence-corrected chi connectivity index (χ2v) is 8.51. The van der Waals surface area contributed by atoms with Crippen molar-refractivity contribution in [3.63, 3.8) is 0 Å². The van der Waals surface area contributed by atoms with Gasteiger partial charge in [0.05, 0.1) is 11.3 Å². The number of halogens is 1. The highest BCUT2D eigenvalue weighted by atomic mass is 19.1. The molecular weight excluding hydrogens is 393 g/mol. The molecule has 1 N–H and O–H groups in total. The maximum atomic E-state index is 13.4. The molecule has 0 unspecified atom stereocenters. The zero-order valence-electron chi connectivity index (χ0n) is 17.6. The highest BCUT2D eigenvalue weighted by molar-refractivity contribution is 5.79. The van der Waals surface area contributed by atoms with Gasteiger partial charge in [0.2, 0.25) is 5.91 Å². The first kappa shape index (κ1) is 21.3. The number of nitrogens with zero attached hydrogens (tertiary/aromatic N) is 2. The van der Waals surface area contributed by atoms with Crippen molar-refractivity contribution in [2.45, 2.75) is 31.1 Å². The fourth-order valence-electron chi connectivity index (χ4n) is 4.78. The number of hydrogen-bond acceptors (Lipinski definition) is 4. The van der Waals surface area contributed by atoms with Crippen molar-refractivity contribution in [1.82, 2.24) is 5.32 Å². The Morgan fingerprint density at radius 1 is 1.16 bits per heavy atom. The van der Waals surface area contributed by atoms with Crippen LogP contribution in [0.4, 0.5) is 10.1 Å². The Morgan fingerprint density at radius 3 is 2.55 bits per heavy atom. The van der Waals surface area contributed by atoms with E-state index in [4.69, 9.17) is 4.74 Å². The van der Waals surface area contributed by atoms with Crippen molar-refractivity contribution in [1.29, 1.82) is 5.26 Å². The van der Waals surface area contributed by atoms with Crippen molar-refractivity contribution in [3.8, 4) is 6.07 Å². The van der Waals surface area contributed by atoms with Crippen molar-refractivity contribution in [2.75, 3.05) is 37.7 Å². The molecule has 4 rings (SSSR count). The van der Waals surface area contributed by atoms with Crippen LogP contribution in [0.2, 0.25) is 0 Å². The number of hydrogen-bond donors (Lipinski definition) is 1. The van der Waals surface area contributed by atoms with Crippen molar-refractivity contribution in [2.24, 2.45) is 5.92 Å². The van der Waals surface area contributed by atoms with Gasteiger partial charge in [-0.2, -0.15) is 5.26 Å². The van der Waals surface area contributed by atoms with Gasteiger partial charge < -0.3 is 15.0 Å². The van der Waals surface area contributed by atoms with Gasteiger partial charge in [-0.25, -0.2) is 4.39 Å². The molecule has 0 spiro atoms. The predicted octanol–water partition coefficient (Wildman–Crippen LogP) is 3.78. The lowest BCUT2D eigenvalue weighted by molar-refractivity contribution is -0.126. The number of nitrogens with one attached hydrogen (secondary N) is 1. The molecule has 31 heavy (non-hydrogen) atoms. The van der Waals surface area contributed by atoms with Crippen molar-refractivity contribution >= 4 is 11.6 Å². The molecule has 0 radical (unpaired) electrons. The number of nitriles is 1. The fourth-order valence-corrected chi connectivity index (χ4v) is 4.78. The Kier molecular flexibility index (Phi) is 6.53. The van der Waals surface area contributed by atoms with Crippen LogP contribution < -0.4 is 10.2 Å². The quantitative estimate of drug-likeness (QED) is 0.798. The summed E-state index contributed by atoms with van der Waals surface area (Å²) < 4.78 is 19.0. The Hall–Kier alpha value is -2.91. The Bertz CT molecular complexity index is 943. The molecule has 2 aromatic rings. The summed E-state index contributed by atoms with van der Waals surface area (Å²) in [6, 6.07) is 16.8. The van der Waals surface area contributed by atoms with E-state index < -0.39 is 5.82 Å². The molecule has 0 saturated carbocycles. The minimum atomic E-state index is -0.407. The van der Waals surface area contributed by atoms with E-state index in [1.165, 1.54) is 17.7 Å². The molecule has 0 aliphatic carbocycles. The van der Waals surface area contributed by atoms with Gasteiger partial charge in [-0.1, -0.05) is 30.3 Å². The van der Waals surface area contributed by atoms with Crippen LogP contribution in [0.25, 0.3) is 0 Å². The van der Waals surface area contributed by atoms with Crippen molar-refractivity contribution < 1.29 is 13.9 Å². The molecule has 6 heteroatoms. The first-order valence-corrected chi connectivity index (χ1v) is 11.0. The molecule has 0 bridgehead atoms. The minimum absolute atomic E-state index is 0.0464. The summed E-state index contributed by atoms with van der Waals surface area (Å²) in [7, 11) is 0. The molecule has 2 aliphatic heterocycles. The number of amides is 1. The third-order valence-corrected chi connectivity index (χ3v) is 6.72. The van der Waals surface area contributed by atoms with E-state index in [-0.39, 0.29) is 17.2 Å². The maximum absolute atomic E-state index is 13.4. The summed E-state index contributed by atoms with van der Waals surface area (Å²) in [5.41, 5.74) is 2.26. The Morgan fingerprint density at radius 2 is 1.87 bits per heavy atom. The summed E-state index contributed by atoms with van der Waals surface area (Å²) in [6.07, 6.45) is 3.24. The van der Waals surface area contributed by atoms with Gasteiger partial charge in [-0.3, -0.25) is 4.79 Å². The number of anilines is 1. The lowest BCUT2D eigenvalue weighted by Gasteiger charge is -2.39. The van der Waals surface area contributed by atoms with Crippen LogP contribution in [-0.2, 0) is 14.9 Å². The van der Waals surface area contributed by atoms with Gasteiger partial charge >= 0.3 is 0 Å². The normalized spacial score (nSPS) is 18.9. The van der Waals surface area contributed by atoms with Gasteiger partial charge in [0.15, 0.2) is 0 Å². The molecule has 162 valence electrons. The summed E-state index contributed by atoms with van der Waals surface area (Å²) in [5, 5.41) is 12.5. The molecular formula is C25H28FN3O2. The van der Waals surface area contributed by atoms with Gasteiger partial charge in [-0.15, -0.1) is 0 Å². The highest BCUT2D eigenvalue weighted by Gasteiger charge is 2.36. The van der Waals surface area contributed by atoms with E-state index in [9.17, 15) is 14.4 Å². The fraction of sp³-hybridized carbons (Fsp3) is 0.440. The third-order valence-electron chi connectivity index (χ3n) is 6.72. The van der Waals surface area contributed by atoms with E-state index >= 15 is 0 Å². The third kappa shape index (κ3) is 4.72. The van der Waals surface area contributed by atoms with E-state index in [2.05, 4.69) is 40.6 Å². The van der Waals surface area contributed by atoms with Gasteiger partial charge in [-0.05, 0) is 49.4 Å². The smallest absolute Gasteiger partial charge is 0.223 e. The number of benzene rings is 2. The summed E-state index contributed by atoms with van der Waals surface area (Å²) in [6.45, 7) is 3.40. The number of ether oxygens (including phenoxy) is 1. The monoisotopic (exact) mass is 421 g/mol. The average Bonchev–Trinajstić information content (AvgIpc) is 2.83. The van der Waals surface area contributed by atoms with E-state index in [1.807, 2.05) is 6.07 Å². The van der Waals surface area contributed by atoms with Crippen LogP contribution in [-0.4, -0.2) is 38.8 Å². The molecule has 2 aromatic carbocycles. The zero-order valence-corrected chi connectivity index (χ0v) is 17.6. The molecule has 2 aliphatic rings. The second-order valence-electron chi connectivity index (χ2n) is 8.51. The van der Waals surface area contributed by atoms with Crippen molar-refractivity contribution in [3.05, 3.63) is 65.5 Å². The standard InChI is InChI=1S/C25H28FN3O2/c26-22-6-7-23(20(16-22)17-27)29-12-8-19(9-13-29)24(30)28-18-25(10-14-31-15-11-25)21-4-2-1-3-5-21/h1-7,16,19H,8-15,18H2,(H,28,30). The number of piperidine rings is 1. The Labute approximate surface area is 182 Å². The minimum Gasteiger partial charge on any atom is -0.381 e. The second kappa shape index (κ2) is 9.49. The molecule has 0 atom stereocenters. The number of rotatable bonds is 5. The summed E-state index contributed by atoms with van der Waals surface area (Å²) in [4.78, 5) is 15.0. The largest absolute Gasteiger partial charge is 0.381 e. The van der Waals surface area contributed by atoms with Crippen LogP contribution in [0, 0.1) is 23.1 Å². The topological polar surface area (TPSA) is 65.4 Å². The molecule has 1 amide bonds.